The van der Waals surface area contributed by atoms with Gasteiger partial charge in [0, 0.05) is 43.5 Å². The summed E-state index contributed by atoms with van der Waals surface area (Å²) >= 11 is 0. The Labute approximate surface area is 169 Å². The number of carbonyl (C=O) groups excluding carboxylic acids is 1. The Hall–Kier alpha value is -1.39. The van der Waals surface area contributed by atoms with Crippen LogP contribution in [0.15, 0.2) is 18.2 Å². The van der Waals surface area contributed by atoms with E-state index in [4.69, 9.17) is 9.47 Å². The summed E-state index contributed by atoms with van der Waals surface area (Å²) in [6.07, 6.45) is 4.07. The normalized spacial score (nSPS) is 32.4. The first kappa shape index (κ1) is 19.9. The number of carbonyl (C=O) groups is 1. The van der Waals surface area contributed by atoms with Crippen LogP contribution in [-0.2, 0) is 21.4 Å². The number of fused-ring (bicyclic) bond motifs is 1. The number of hydrogen-bond acceptors (Lipinski definition) is 4. The summed E-state index contributed by atoms with van der Waals surface area (Å²) in [7, 11) is 1.87. The lowest BCUT2D eigenvalue weighted by Crippen LogP contribution is -2.74. The molecule has 3 aliphatic rings. The molecule has 4 rings (SSSR count). The Morgan fingerprint density at radius 1 is 1.21 bits per heavy atom. The Morgan fingerprint density at radius 3 is 2.68 bits per heavy atom. The number of hydrogen-bond donors (Lipinski definition) is 0. The summed E-state index contributed by atoms with van der Waals surface area (Å²) in [4.78, 5) is 15.4. The molecule has 1 aromatic rings. The first-order valence-corrected chi connectivity index (χ1v) is 10.9. The highest BCUT2D eigenvalue weighted by Gasteiger charge is 2.66. The number of Topliss-reactive ketones (excluding diaryl/α,β-unsaturated/α-hetero) is 1. The molecule has 0 unspecified atom stereocenters. The monoisotopic (exact) mass is 385 g/mol. The first-order valence-electron chi connectivity index (χ1n) is 10.9. The highest BCUT2D eigenvalue weighted by molar-refractivity contribution is 5.83. The molecule has 1 saturated heterocycles. The van der Waals surface area contributed by atoms with Crippen LogP contribution < -0.4 is 4.74 Å². The SMILES string of the molecule is CO[C@@]12CCC(=O)C[C@@]13CCN(CC(C)C)[C@@H]2Cc1cccc(OC(C)C)c13. The highest BCUT2D eigenvalue weighted by atomic mass is 16.5. The summed E-state index contributed by atoms with van der Waals surface area (Å²) in [5.41, 5.74) is 2.03. The molecule has 0 N–H and O–H groups in total. The molecule has 154 valence electrons. The minimum Gasteiger partial charge on any atom is -0.491 e. The zero-order valence-corrected chi connectivity index (χ0v) is 18.1. The van der Waals surface area contributed by atoms with E-state index >= 15 is 0 Å². The van der Waals surface area contributed by atoms with Gasteiger partial charge in [-0.15, -0.1) is 0 Å². The van der Waals surface area contributed by atoms with Gasteiger partial charge in [0.15, 0.2) is 0 Å². The zero-order chi connectivity index (χ0) is 20.1. The van der Waals surface area contributed by atoms with Gasteiger partial charge in [0.25, 0.3) is 0 Å². The number of rotatable bonds is 5. The molecule has 28 heavy (non-hydrogen) atoms. The van der Waals surface area contributed by atoms with E-state index in [9.17, 15) is 4.79 Å². The van der Waals surface area contributed by atoms with Crippen molar-refractivity contribution < 1.29 is 14.3 Å². The molecule has 0 aromatic heterocycles. The molecule has 3 atom stereocenters. The number of ketones is 1. The fourth-order valence-electron chi connectivity index (χ4n) is 6.40. The van der Waals surface area contributed by atoms with Crippen LogP contribution in [0.1, 0.15) is 64.5 Å². The van der Waals surface area contributed by atoms with Crippen LogP contribution in [0.25, 0.3) is 0 Å². The van der Waals surface area contributed by atoms with E-state index in [2.05, 4.69) is 50.8 Å². The van der Waals surface area contributed by atoms with Gasteiger partial charge < -0.3 is 9.47 Å². The molecule has 1 saturated carbocycles. The third-order valence-corrected chi connectivity index (χ3v) is 7.22. The van der Waals surface area contributed by atoms with Crippen molar-refractivity contribution in [2.75, 3.05) is 20.2 Å². The van der Waals surface area contributed by atoms with Crippen LogP contribution in [0.2, 0.25) is 0 Å². The van der Waals surface area contributed by atoms with E-state index in [1.54, 1.807) is 0 Å². The van der Waals surface area contributed by atoms with E-state index in [-0.39, 0.29) is 17.1 Å². The fourth-order valence-corrected chi connectivity index (χ4v) is 6.40. The van der Waals surface area contributed by atoms with Gasteiger partial charge in [0.2, 0.25) is 0 Å². The Balaban J connectivity index is 1.91. The zero-order valence-electron chi connectivity index (χ0n) is 18.1. The van der Waals surface area contributed by atoms with Gasteiger partial charge in [-0.05, 0) is 57.2 Å². The molecule has 0 radical (unpaired) electrons. The quantitative estimate of drug-likeness (QED) is 0.764. The number of methoxy groups -OCH3 is 1. The summed E-state index contributed by atoms with van der Waals surface area (Å²) in [6.45, 7) is 10.8. The van der Waals surface area contributed by atoms with Gasteiger partial charge in [-0.3, -0.25) is 9.69 Å². The minimum atomic E-state index is -0.308. The second-order valence-corrected chi connectivity index (χ2v) is 9.71. The second-order valence-electron chi connectivity index (χ2n) is 9.71. The van der Waals surface area contributed by atoms with Gasteiger partial charge in [-0.25, -0.2) is 0 Å². The predicted octanol–water partition coefficient (Wildman–Crippen LogP) is 4.14. The largest absolute Gasteiger partial charge is 0.491 e. The number of likely N-dealkylation sites (tertiary alicyclic amines) is 1. The maximum Gasteiger partial charge on any atom is 0.134 e. The maximum absolute atomic E-state index is 12.8. The van der Waals surface area contributed by atoms with Crippen LogP contribution in [0.4, 0.5) is 0 Å². The molecule has 2 bridgehead atoms. The number of ether oxygens (including phenoxy) is 2. The Morgan fingerprint density at radius 2 is 2.00 bits per heavy atom. The lowest BCUT2D eigenvalue weighted by Gasteiger charge is -2.65. The Bertz CT molecular complexity index is 758. The van der Waals surface area contributed by atoms with E-state index in [1.165, 1.54) is 11.1 Å². The predicted molar refractivity (Wildman–Crippen MR) is 111 cm³/mol. The lowest BCUT2D eigenvalue weighted by molar-refractivity contribution is -0.188. The van der Waals surface area contributed by atoms with Crippen LogP contribution in [0.5, 0.6) is 5.75 Å². The van der Waals surface area contributed by atoms with Gasteiger partial charge in [-0.1, -0.05) is 26.0 Å². The Kier molecular flexibility index (Phi) is 5.08. The van der Waals surface area contributed by atoms with E-state index in [1.807, 2.05) is 7.11 Å². The van der Waals surface area contributed by atoms with Gasteiger partial charge in [-0.2, -0.15) is 0 Å². The standard InChI is InChI=1S/C24H35NO3/c1-16(2)15-25-12-11-23-14-19(26)9-10-24(23,27-5)21(25)13-18-7-6-8-20(22(18)23)28-17(3)4/h6-8,16-17,21H,9-15H2,1-5H3/t21-,23-,24-/m1/s1. The van der Waals surface area contributed by atoms with Crippen LogP contribution in [0, 0.1) is 5.92 Å². The van der Waals surface area contributed by atoms with Crippen molar-refractivity contribution in [3.05, 3.63) is 29.3 Å². The average Bonchev–Trinajstić information content (AvgIpc) is 2.62. The summed E-state index contributed by atoms with van der Waals surface area (Å²) < 4.78 is 12.8. The lowest BCUT2D eigenvalue weighted by atomic mass is 9.49. The molecule has 2 fully saturated rings. The molecule has 0 spiro atoms. The topological polar surface area (TPSA) is 38.8 Å². The van der Waals surface area contributed by atoms with Crippen molar-refractivity contribution in [1.29, 1.82) is 0 Å². The van der Waals surface area contributed by atoms with Gasteiger partial charge in [0.05, 0.1) is 11.7 Å². The first-order chi connectivity index (χ1) is 13.3. The van der Waals surface area contributed by atoms with Crippen molar-refractivity contribution in [2.24, 2.45) is 5.92 Å². The third kappa shape index (κ3) is 2.83. The highest BCUT2D eigenvalue weighted by Crippen LogP contribution is 2.60. The minimum absolute atomic E-state index is 0.109. The smallest absolute Gasteiger partial charge is 0.134 e. The van der Waals surface area contributed by atoms with Crippen molar-refractivity contribution in [1.82, 2.24) is 4.90 Å². The molecule has 1 aliphatic heterocycles. The van der Waals surface area contributed by atoms with Gasteiger partial charge in [0.1, 0.15) is 11.5 Å². The molecule has 4 heteroatoms. The van der Waals surface area contributed by atoms with Crippen molar-refractivity contribution in [3.8, 4) is 5.75 Å². The van der Waals surface area contributed by atoms with Crippen LogP contribution in [0.3, 0.4) is 0 Å². The summed E-state index contributed by atoms with van der Waals surface area (Å²) in [5.74, 6) is 1.94. The average molecular weight is 386 g/mol. The number of nitrogens with zero attached hydrogens (tertiary/aromatic N) is 1. The van der Waals surface area contributed by atoms with Gasteiger partial charge >= 0.3 is 0 Å². The molecule has 1 aromatic carbocycles. The van der Waals surface area contributed by atoms with Crippen molar-refractivity contribution in [3.63, 3.8) is 0 Å². The summed E-state index contributed by atoms with van der Waals surface area (Å²) in [6, 6.07) is 6.77. The number of piperidine rings is 1. The van der Waals surface area contributed by atoms with Crippen LogP contribution in [-0.4, -0.2) is 48.6 Å². The maximum atomic E-state index is 12.8. The number of benzene rings is 1. The molecular formula is C24H35NO3. The molecule has 0 amide bonds. The summed E-state index contributed by atoms with van der Waals surface area (Å²) in [5, 5.41) is 0. The fraction of sp³-hybridized carbons (Fsp3) is 0.708. The van der Waals surface area contributed by atoms with E-state index < -0.39 is 0 Å². The van der Waals surface area contributed by atoms with E-state index in [0.717, 1.165) is 38.1 Å². The third-order valence-electron chi connectivity index (χ3n) is 7.22. The molecule has 4 nitrogen and oxygen atoms in total. The van der Waals surface area contributed by atoms with Crippen molar-refractivity contribution >= 4 is 5.78 Å². The molecule has 1 heterocycles. The van der Waals surface area contributed by atoms with E-state index in [0.29, 0.717) is 30.6 Å². The second kappa shape index (κ2) is 7.14. The van der Waals surface area contributed by atoms with Crippen LogP contribution >= 0.6 is 0 Å². The van der Waals surface area contributed by atoms with Crippen molar-refractivity contribution in [2.45, 2.75) is 83.0 Å². The molecular weight excluding hydrogens is 350 g/mol. The molecule has 2 aliphatic carbocycles.